The zero-order valence-corrected chi connectivity index (χ0v) is 13.7. The molecule has 1 aromatic carbocycles. The van der Waals surface area contributed by atoms with Gasteiger partial charge < -0.3 is 10.6 Å². The number of hydrogen-bond acceptors (Lipinski definition) is 2. The van der Waals surface area contributed by atoms with Gasteiger partial charge in [-0.1, -0.05) is 23.8 Å². The fourth-order valence-electron chi connectivity index (χ4n) is 3.55. The molecule has 2 fully saturated rings. The van der Waals surface area contributed by atoms with Crippen LogP contribution in [0.3, 0.4) is 0 Å². The summed E-state index contributed by atoms with van der Waals surface area (Å²) in [6.45, 7) is 7.01. The summed E-state index contributed by atoms with van der Waals surface area (Å²) in [6.07, 6.45) is 3.41. The largest absolute Gasteiger partial charge is 0.352 e. The van der Waals surface area contributed by atoms with Gasteiger partial charge in [-0.3, -0.25) is 4.79 Å². The first kappa shape index (κ1) is 16.3. The molecule has 1 atom stereocenters. The Labute approximate surface area is 133 Å². The fraction of sp³-hybridized carbons (Fsp3) is 0.588. The molecular formula is C17H25ClN2O. The number of halogens is 1. The Hall–Kier alpha value is -1.06. The lowest BCUT2D eigenvalue weighted by molar-refractivity contribution is -0.123. The lowest BCUT2D eigenvalue weighted by atomic mass is 9.92. The average molecular weight is 309 g/mol. The first-order valence-electron chi connectivity index (χ1n) is 7.65. The third-order valence-corrected chi connectivity index (χ3v) is 5.06. The number of carbonyl (C=O) groups excluding carboxylic acids is 1. The van der Waals surface area contributed by atoms with Crippen LogP contribution in [0.15, 0.2) is 18.2 Å². The van der Waals surface area contributed by atoms with Gasteiger partial charge in [0.25, 0.3) is 0 Å². The summed E-state index contributed by atoms with van der Waals surface area (Å²) in [5.41, 5.74) is 4.09. The molecule has 21 heavy (non-hydrogen) atoms. The minimum Gasteiger partial charge on any atom is -0.352 e. The monoisotopic (exact) mass is 308 g/mol. The molecule has 2 aliphatic rings. The summed E-state index contributed by atoms with van der Waals surface area (Å²) in [4.78, 5) is 12.3. The molecule has 1 aliphatic carbocycles. The van der Waals surface area contributed by atoms with E-state index in [1.807, 2.05) is 0 Å². The molecule has 1 amide bonds. The van der Waals surface area contributed by atoms with Crippen molar-refractivity contribution >= 4 is 18.3 Å². The van der Waals surface area contributed by atoms with E-state index in [2.05, 4.69) is 42.7 Å². The van der Waals surface area contributed by atoms with Crippen molar-refractivity contribution in [3.05, 3.63) is 34.9 Å². The van der Waals surface area contributed by atoms with E-state index < -0.39 is 0 Å². The zero-order chi connectivity index (χ0) is 14.2. The van der Waals surface area contributed by atoms with Crippen LogP contribution in [0.5, 0.6) is 0 Å². The van der Waals surface area contributed by atoms with Gasteiger partial charge in [0.2, 0.25) is 5.91 Å². The second kappa shape index (κ2) is 6.37. The van der Waals surface area contributed by atoms with Crippen molar-refractivity contribution in [3.8, 4) is 0 Å². The van der Waals surface area contributed by atoms with E-state index in [1.54, 1.807) is 0 Å². The Morgan fingerprint density at radius 2 is 2.05 bits per heavy atom. The lowest BCUT2D eigenvalue weighted by Gasteiger charge is -2.23. The minimum absolute atomic E-state index is 0. The van der Waals surface area contributed by atoms with E-state index in [1.165, 1.54) is 16.7 Å². The number of hydrogen-bond donors (Lipinski definition) is 2. The van der Waals surface area contributed by atoms with E-state index in [0.717, 1.165) is 32.4 Å². The third-order valence-electron chi connectivity index (χ3n) is 5.06. The molecule has 1 aromatic rings. The van der Waals surface area contributed by atoms with E-state index in [4.69, 9.17) is 0 Å². The Bertz CT molecular complexity index is 524. The number of piperidine rings is 1. The molecule has 1 spiro atoms. The summed E-state index contributed by atoms with van der Waals surface area (Å²) in [5, 5.41) is 6.51. The van der Waals surface area contributed by atoms with Crippen molar-refractivity contribution in [1.29, 1.82) is 0 Å². The van der Waals surface area contributed by atoms with Crippen molar-refractivity contribution < 1.29 is 4.79 Å². The molecular weight excluding hydrogens is 284 g/mol. The molecule has 1 saturated carbocycles. The Balaban J connectivity index is 0.00000161. The number of amides is 1. The van der Waals surface area contributed by atoms with Gasteiger partial charge in [0, 0.05) is 12.5 Å². The van der Waals surface area contributed by atoms with Gasteiger partial charge in [0.1, 0.15) is 0 Å². The van der Waals surface area contributed by atoms with Crippen molar-refractivity contribution in [2.24, 2.45) is 11.3 Å². The molecule has 4 heteroatoms. The second-order valence-corrected chi connectivity index (χ2v) is 6.52. The number of carbonyl (C=O) groups is 1. The fourth-order valence-corrected chi connectivity index (χ4v) is 3.55. The van der Waals surface area contributed by atoms with Gasteiger partial charge in [-0.2, -0.15) is 0 Å². The zero-order valence-electron chi connectivity index (χ0n) is 12.9. The highest BCUT2D eigenvalue weighted by Gasteiger charge is 2.57. The van der Waals surface area contributed by atoms with Crippen LogP contribution in [0.1, 0.15) is 36.0 Å². The van der Waals surface area contributed by atoms with Gasteiger partial charge >= 0.3 is 0 Å². The summed E-state index contributed by atoms with van der Waals surface area (Å²) >= 11 is 0. The van der Waals surface area contributed by atoms with E-state index in [-0.39, 0.29) is 24.2 Å². The van der Waals surface area contributed by atoms with Gasteiger partial charge in [0.05, 0.1) is 0 Å². The Morgan fingerprint density at radius 3 is 2.71 bits per heavy atom. The molecule has 1 aliphatic heterocycles. The van der Waals surface area contributed by atoms with Gasteiger partial charge in [-0.25, -0.2) is 0 Å². The number of benzene rings is 1. The highest BCUT2D eigenvalue weighted by Crippen LogP contribution is 2.58. The quantitative estimate of drug-likeness (QED) is 0.901. The first-order valence-corrected chi connectivity index (χ1v) is 7.65. The number of rotatable bonds is 3. The van der Waals surface area contributed by atoms with Gasteiger partial charge in [0.15, 0.2) is 0 Å². The molecule has 3 nitrogen and oxygen atoms in total. The van der Waals surface area contributed by atoms with Crippen molar-refractivity contribution in [2.45, 2.75) is 39.7 Å². The normalized spacial score (nSPS) is 22.5. The van der Waals surface area contributed by atoms with Crippen LogP contribution >= 0.6 is 12.4 Å². The van der Waals surface area contributed by atoms with Crippen LogP contribution in [0.2, 0.25) is 0 Å². The maximum absolute atomic E-state index is 12.3. The van der Waals surface area contributed by atoms with Gasteiger partial charge in [-0.05, 0) is 62.7 Å². The molecule has 1 heterocycles. The van der Waals surface area contributed by atoms with Crippen molar-refractivity contribution in [2.75, 3.05) is 13.1 Å². The smallest absolute Gasteiger partial charge is 0.223 e. The number of aryl methyl sites for hydroxylation is 2. The van der Waals surface area contributed by atoms with Crippen LogP contribution in [0.4, 0.5) is 0 Å². The third kappa shape index (κ3) is 3.41. The van der Waals surface area contributed by atoms with Crippen LogP contribution in [0.25, 0.3) is 0 Å². The molecule has 1 saturated heterocycles. The predicted octanol–water partition coefficient (Wildman–Crippen LogP) is 2.73. The molecule has 0 radical (unpaired) electrons. The summed E-state index contributed by atoms with van der Waals surface area (Å²) in [7, 11) is 0. The molecule has 1 unspecified atom stereocenters. The van der Waals surface area contributed by atoms with E-state index in [0.29, 0.717) is 12.0 Å². The van der Waals surface area contributed by atoms with E-state index >= 15 is 0 Å². The summed E-state index contributed by atoms with van der Waals surface area (Å²) in [6, 6.07) is 6.41. The SMILES string of the molecule is Cc1ccc(CNC(=O)C2CC23CCNCC3)c(C)c1.Cl. The molecule has 3 rings (SSSR count). The van der Waals surface area contributed by atoms with Crippen LogP contribution in [-0.4, -0.2) is 19.0 Å². The second-order valence-electron chi connectivity index (χ2n) is 6.52. The highest BCUT2D eigenvalue weighted by atomic mass is 35.5. The van der Waals surface area contributed by atoms with Crippen LogP contribution in [0, 0.1) is 25.2 Å². The topological polar surface area (TPSA) is 41.1 Å². The van der Waals surface area contributed by atoms with Crippen molar-refractivity contribution in [1.82, 2.24) is 10.6 Å². The first-order chi connectivity index (χ1) is 9.61. The molecule has 0 bridgehead atoms. The average Bonchev–Trinajstić information content (AvgIpc) is 3.12. The standard InChI is InChI=1S/C17H24N2O.ClH/c1-12-3-4-14(13(2)9-12)11-19-16(20)15-10-17(15)5-7-18-8-6-17;/h3-4,9,15,18H,5-8,10-11H2,1-2H3,(H,19,20);1H. The maximum Gasteiger partial charge on any atom is 0.223 e. The van der Waals surface area contributed by atoms with Crippen LogP contribution < -0.4 is 10.6 Å². The number of nitrogens with one attached hydrogen (secondary N) is 2. The van der Waals surface area contributed by atoms with E-state index in [9.17, 15) is 4.79 Å². The maximum atomic E-state index is 12.3. The van der Waals surface area contributed by atoms with Crippen molar-refractivity contribution in [3.63, 3.8) is 0 Å². The Morgan fingerprint density at radius 1 is 1.33 bits per heavy atom. The predicted molar refractivity (Wildman–Crippen MR) is 87.7 cm³/mol. The lowest BCUT2D eigenvalue weighted by Crippen LogP contribution is -2.33. The summed E-state index contributed by atoms with van der Waals surface area (Å²) in [5.74, 6) is 0.516. The Kier molecular flexibility index (Phi) is 4.95. The van der Waals surface area contributed by atoms with Crippen LogP contribution in [-0.2, 0) is 11.3 Å². The molecule has 116 valence electrons. The molecule has 2 N–H and O–H groups in total. The highest BCUT2D eigenvalue weighted by molar-refractivity contribution is 5.85. The summed E-state index contributed by atoms with van der Waals surface area (Å²) < 4.78 is 0. The molecule has 0 aromatic heterocycles. The minimum atomic E-state index is 0. The van der Waals surface area contributed by atoms with Gasteiger partial charge in [-0.15, -0.1) is 12.4 Å².